The first-order valence-corrected chi connectivity index (χ1v) is 9.16. The number of nitrogens with two attached hydrogens (primary N) is 1. The number of likely N-dealkylation sites (tertiary alicyclic amines) is 1. The lowest BCUT2D eigenvalue weighted by atomic mass is 10.1. The molecule has 2 aromatic rings. The Balaban J connectivity index is 1.54. The molecule has 0 radical (unpaired) electrons. The number of hydrogen-bond acceptors (Lipinski definition) is 6. The second-order valence-corrected chi connectivity index (χ2v) is 6.89. The topological polar surface area (TPSA) is 94.8 Å². The van der Waals surface area contributed by atoms with Gasteiger partial charge in [-0.3, -0.25) is 9.59 Å². The van der Waals surface area contributed by atoms with E-state index in [0.717, 1.165) is 11.3 Å². The Hall–Kier alpha value is -2.82. The quantitative estimate of drug-likeness (QED) is 0.810. The van der Waals surface area contributed by atoms with Gasteiger partial charge in [0.1, 0.15) is 23.3 Å². The highest BCUT2D eigenvalue weighted by Gasteiger charge is 2.31. The van der Waals surface area contributed by atoms with Gasteiger partial charge in [-0.05, 0) is 12.1 Å². The molecule has 1 fully saturated rings. The normalized spacial score (nSPS) is 15.3. The van der Waals surface area contributed by atoms with Gasteiger partial charge < -0.3 is 20.1 Å². The molecule has 1 aliphatic rings. The summed E-state index contributed by atoms with van der Waals surface area (Å²) in [6.45, 7) is 0.793. The molecule has 1 saturated heterocycles. The smallest absolute Gasteiger partial charge is 0.490 e. The summed E-state index contributed by atoms with van der Waals surface area (Å²) in [4.78, 5) is 29.0. The average Bonchev–Trinajstić information content (AvgIpc) is 3.11. The van der Waals surface area contributed by atoms with Crippen LogP contribution in [0.5, 0.6) is 11.5 Å². The molecule has 0 saturated carbocycles. The fourth-order valence-electron chi connectivity index (χ4n) is 2.73. The van der Waals surface area contributed by atoms with Crippen LogP contribution >= 0.6 is 11.3 Å². The minimum absolute atomic E-state index is 0.0486. The van der Waals surface area contributed by atoms with Gasteiger partial charge in [0.15, 0.2) is 5.01 Å². The van der Waals surface area contributed by atoms with Crippen molar-refractivity contribution in [2.45, 2.75) is 25.3 Å². The zero-order valence-electron chi connectivity index (χ0n) is 14.4. The van der Waals surface area contributed by atoms with Gasteiger partial charge in [-0.25, -0.2) is 4.98 Å². The van der Waals surface area contributed by atoms with E-state index in [0.29, 0.717) is 25.9 Å². The molecule has 0 unspecified atom stereocenters. The predicted octanol–water partition coefficient (Wildman–Crippen LogP) is 2.82. The number of primary amides is 1. The molecule has 2 amide bonds. The van der Waals surface area contributed by atoms with Crippen molar-refractivity contribution in [2.75, 3.05) is 13.1 Å². The van der Waals surface area contributed by atoms with Crippen molar-refractivity contribution >= 4 is 23.2 Å². The number of amides is 2. The maximum absolute atomic E-state index is 12.4. The van der Waals surface area contributed by atoms with Crippen molar-refractivity contribution in [3.63, 3.8) is 0 Å². The fraction of sp³-hybridized carbons (Fsp3) is 0.353. The minimum Gasteiger partial charge on any atom is -0.490 e. The number of aromatic nitrogens is 1. The van der Waals surface area contributed by atoms with E-state index in [9.17, 15) is 22.8 Å². The first-order valence-electron chi connectivity index (χ1n) is 8.28. The molecule has 150 valence electrons. The van der Waals surface area contributed by atoms with Gasteiger partial charge in [-0.2, -0.15) is 0 Å². The van der Waals surface area contributed by atoms with Gasteiger partial charge in [-0.1, -0.05) is 6.07 Å². The fourth-order valence-corrected chi connectivity index (χ4v) is 3.51. The zero-order valence-corrected chi connectivity index (χ0v) is 15.3. The van der Waals surface area contributed by atoms with Crippen molar-refractivity contribution in [3.05, 3.63) is 40.3 Å². The monoisotopic (exact) mass is 415 g/mol. The molecule has 0 spiro atoms. The van der Waals surface area contributed by atoms with Gasteiger partial charge in [0, 0.05) is 37.4 Å². The molecule has 1 aliphatic heterocycles. The molecule has 2 heterocycles. The van der Waals surface area contributed by atoms with Gasteiger partial charge in [0.05, 0.1) is 0 Å². The van der Waals surface area contributed by atoms with Crippen molar-refractivity contribution in [1.82, 2.24) is 9.88 Å². The minimum atomic E-state index is -4.77. The van der Waals surface area contributed by atoms with E-state index in [1.54, 1.807) is 11.0 Å². The number of ether oxygens (including phenoxy) is 2. The molecule has 28 heavy (non-hydrogen) atoms. The summed E-state index contributed by atoms with van der Waals surface area (Å²) in [6.07, 6.45) is -4.01. The first-order chi connectivity index (χ1) is 13.2. The molecule has 7 nitrogen and oxygen atoms in total. The number of alkyl halides is 3. The van der Waals surface area contributed by atoms with Gasteiger partial charge in [0.2, 0.25) is 0 Å². The number of thiazole rings is 1. The molecule has 3 rings (SSSR count). The number of hydrogen-bond donors (Lipinski definition) is 1. The van der Waals surface area contributed by atoms with E-state index in [4.69, 9.17) is 10.5 Å². The summed E-state index contributed by atoms with van der Waals surface area (Å²) < 4.78 is 46.5. The molecule has 11 heteroatoms. The maximum atomic E-state index is 12.4. The summed E-state index contributed by atoms with van der Waals surface area (Å²) in [5.74, 6) is -1.08. The standard InChI is InChI=1S/C17H16F3N3O4S/c18-17(19,20)27-12-3-1-2-11(8-12)26-10-4-6-23(7-5-10)16(25)15-22-13(9-28-15)14(21)24/h1-3,8-10H,4-7H2,(H2,21,24). The van der Waals surface area contributed by atoms with Gasteiger partial charge in [0.25, 0.3) is 11.8 Å². The molecule has 0 bridgehead atoms. The Bertz CT molecular complexity index is 863. The zero-order chi connectivity index (χ0) is 20.3. The van der Waals surface area contributed by atoms with E-state index >= 15 is 0 Å². The summed E-state index contributed by atoms with van der Waals surface area (Å²) in [5.41, 5.74) is 5.18. The summed E-state index contributed by atoms with van der Waals surface area (Å²) >= 11 is 1.05. The van der Waals surface area contributed by atoms with Gasteiger partial charge >= 0.3 is 6.36 Å². The second-order valence-electron chi connectivity index (χ2n) is 6.03. The third-order valence-corrected chi connectivity index (χ3v) is 4.84. The van der Waals surface area contributed by atoms with E-state index < -0.39 is 12.3 Å². The van der Waals surface area contributed by atoms with Crippen LogP contribution in [0.15, 0.2) is 29.6 Å². The Morgan fingerprint density at radius 3 is 2.50 bits per heavy atom. The molecule has 0 atom stereocenters. The van der Waals surface area contributed by atoms with Crippen molar-refractivity contribution < 1.29 is 32.2 Å². The van der Waals surface area contributed by atoms with E-state index in [1.807, 2.05) is 0 Å². The molecule has 1 aromatic carbocycles. The molecule has 2 N–H and O–H groups in total. The van der Waals surface area contributed by atoms with Gasteiger partial charge in [-0.15, -0.1) is 24.5 Å². The van der Waals surface area contributed by atoms with Crippen molar-refractivity contribution in [1.29, 1.82) is 0 Å². The second kappa shape index (κ2) is 8.05. The number of rotatable bonds is 5. The lowest BCUT2D eigenvalue weighted by molar-refractivity contribution is -0.274. The van der Waals surface area contributed by atoms with E-state index in [-0.39, 0.29) is 34.2 Å². The lowest BCUT2D eigenvalue weighted by Gasteiger charge is -2.31. The Kier molecular flexibility index (Phi) is 5.73. The highest BCUT2D eigenvalue weighted by atomic mass is 32.1. The van der Waals surface area contributed by atoms with E-state index in [1.165, 1.54) is 23.6 Å². The molecule has 1 aromatic heterocycles. The Morgan fingerprint density at radius 2 is 1.89 bits per heavy atom. The number of carbonyl (C=O) groups is 2. The Labute approximate surface area is 161 Å². The maximum Gasteiger partial charge on any atom is 0.573 e. The molecular weight excluding hydrogens is 399 g/mol. The van der Waals surface area contributed by atoms with Crippen LogP contribution in [0.2, 0.25) is 0 Å². The van der Waals surface area contributed by atoms with Crippen LogP contribution < -0.4 is 15.2 Å². The number of benzene rings is 1. The summed E-state index contributed by atoms with van der Waals surface area (Å²) in [5, 5.41) is 1.62. The number of carbonyl (C=O) groups excluding carboxylic acids is 2. The highest BCUT2D eigenvalue weighted by Crippen LogP contribution is 2.28. The average molecular weight is 415 g/mol. The number of piperidine rings is 1. The van der Waals surface area contributed by atoms with E-state index in [2.05, 4.69) is 9.72 Å². The van der Waals surface area contributed by atoms with Crippen LogP contribution in [0.3, 0.4) is 0 Å². The number of nitrogens with zero attached hydrogens (tertiary/aromatic N) is 2. The van der Waals surface area contributed by atoms with Crippen molar-refractivity contribution in [2.24, 2.45) is 5.73 Å². The van der Waals surface area contributed by atoms with Crippen LogP contribution in [0.25, 0.3) is 0 Å². The van der Waals surface area contributed by atoms with Crippen LogP contribution in [0, 0.1) is 0 Å². The third-order valence-electron chi connectivity index (χ3n) is 4.01. The summed E-state index contributed by atoms with van der Waals surface area (Å²) in [7, 11) is 0. The molecular formula is C17H16F3N3O4S. The number of halogens is 3. The SMILES string of the molecule is NC(=O)c1csc(C(=O)N2CCC(Oc3cccc(OC(F)(F)F)c3)CC2)n1. The predicted molar refractivity (Wildman–Crippen MR) is 93.3 cm³/mol. The largest absolute Gasteiger partial charge is 0.573 e. The van der Waals surface area contributed by atoms with Crippen LogP contribution in [-0.4, -0.2) is 47.3 Å². The van der Waals surface area contributed by atoms with Crippen molar-refractivity contribution in [3.8, 4) is 11.5 Å². The highest BCUT2D eigenvalue weighted by molar-refractivity contribution is 7.11. The lowest BCUT2D eigenvalue weighted by Crippen LogP contribution is -2.41. The molecule has 0 aliphatic carbocycles. The van der Waals surface area contributed by atoms with Crippen LogP contribution in [0.4, 0.5) is 13.2 Å². The Morgan fingerprint density at radius 1 is 1.21 bits per heavy atom. The third kappa shape index (κ3) is 5.12. The summed E-state index contributed by atoms with van der Waals surface area (Å²) in [6, 6.07) is 5.32. The van der Waals surface area contributed by atoms with Crippen LogP contribution in [0.1, 0.15) is 33.1 Å². The van der Waals surface area contributed by atoms with Crippen LogP contribution in [-0.2, 0) is 0 Å². The first kappa shape index (κ1) is 19.9.